The molecular formula is C17H28N2. The van der Waals surface area contributed by atoms with E-state index >= 15 is 0 Å². The molecule has 1 heterocycles. The molecule has 1 aromatic rings. The lowest BCUT2D eigenvalue weighted by molar-refractivity contribution is 0.228. The number of rotatable bonds is 6. The highest BCUT2D eigenvalue weighted by atomic mass is 14.8. The van der Waals surface area contributed by atoms with Gasteiger partial charge in [0.25, 0.3) is 0 Å². The molecule has 2 rings (SSSR count). The fourth-order valence-electron chi connectivity index (χ4n) is 3.21. The molecule has 2 nitrogen and oxygen atoms in total. The van der Waals surface area contributed by atoms with Crippen LogP contribution in [0.1, 0.15) is 50.8 Å². The van der Waals surface area contributed by atoms with Crippen molar-refractivity contribution < 1.29 is 0 Å². The van der Waals surface area contributed by atoms with Crippen LogP contribution in [0, 0.1) is 11.8 Å². The Morgan fingerprint density at radius 3 is 2.58 bits per heavy atom. The summed E-state index contributed by atoms with van der Waals surface area (Å²) in [5.74, 6) is 1.68. The zero-order valence-electron chi connectivity index (χ0n) is 12.5. The van der Waals surface area contributed by atoms with Gasteiger partial charge in [0.05, 0.1) is 0 Å². The highest BCUT2D eigenvalue weighted by molar-refractivity contribution is 5.14. The van der Waals surface area contributed by atoms with Crippen LogP contribution in [0.5, 0.6) is 0 Å². The Kier molecular flexibility index (Phi) is 5.84. The smallest absolute Gasteiger partial charge is 0.0406 e. The number of aromatic nitrogens is 1. The number of hydrogen-bond donors (Lipinski definition) is 1. The Balaban J connectivity index is 1.93. The van der Waals surface area contributed by atoms with Crippen molar-refractivity contribution in [3.05, 3.63) is 29.6 Å². The van der Waals surface area contributed by atoms with E-state index < -0.39 is 0 Å². The number of pyridine rings is 1. The van der Waals surface area contributed by atoms with Gasteiger partial charge in [-0.05, 0) is 62.2 Å². The van der Waals surface area contributed by atoms with Crippen LogP contribution in [0.25, 0.3) is 0 Å². The Hall–Kier alpha value is -0.890. The van der Waals surface area contributed by atoms with Gasteiger partial charge in [0.1, 0.15) is 0 Å². The van der Waals surface area contributed by atoms with Gasteiger partial charge < -0.3 is 5.32 Å². The molecule has 0 amide bonds. The van der Waals surface area contributed by atoms with Crippen LogP contribution in [0.3, 0.4) is 0 Å². The molecule has 2 unspecified atom stereocenters. The summed E-state index contributed by atoms with van der Waals surface area (Å²) >= 11 is 0. The summed E-state index contributed by atoms with van der Waals surface area (Å²) in [6.07, 6.45) is 9.89. The minimum absolute atomic E-state index is 0.827. The largest absolute Gasteiger partial charge is 0.317 e. The van der Waals surface area contributed by atoms with E-state index in [1.165, 1.54) is 49.9 Å². The summed E-state index contributed by atoms with van der Waals surface area (Å²) in [7, 11) is 0. The van der Waals surface area contributed by atoms with E-state index in [0.29, 0.717) is 0 Å². The Morgan fingerprint density at radius 1 is 1.16 bits per heavy atom. The van der Waals surface area contributed by atoms with Crippen molar-refractivity contribution in [3.8, 4) is 0 Å². The Labute approximate surface area is 118 Å². The van der Waals surface area contributed by atoms with E-state index in [4.69, 9.17) is 0 Å². The van der Waals surface area contributed by atoms with Crippen LogP contribution in [0.15, 0.2) is 18.3 Å². The lowest BCUT2D eigenvalue weighted by Gasteiger charge is -2.31. The summed E-state index contributed by atoms with van der Waals surface area (Å²) in [4.78, 5) is 4.64. The second-order valence-corrected chi connectivity index (χ2v) is 5.83. The zero-order chi connectivity index (χ0) is 13.5. The van der Waals surface area contributed by atoms with Crippen LogP contribution in [-0.2, 0) is 12.8 Å². The van der Waals surface area contributed by atoms with Crippen LogP contribution in [0.2, 0.25) is 0 Å². The molecule has 0 spiro atoms. The summed E-state index contributed by atoms with van der Waals surface area (Å²) < 4.78 is 0. The highest BCUT2D eigenvalue weighted by Gasteiger charge is 2.25. The standard InChI is InChI=1S/C17H28N2/c1-3-14-9-10-17(19-12-14)11-15-7-5-6-8-16(15)13-18-4-2/h9-10,12,15-16,18H,3-8,11,13H2,1-2H3. The van der Waals surface area contributed by atoms with Crippen LogP contribution >= 0.6 is 0 Å². The first-order valence-electron chi connectivity index (χ1n) is 7.98. The second-order valence-electron chi connectivity index (χ2n) is 5.83. The quantitative estimate of drug-likeness (QED) is 0.845. The van der Waals surface area contributed by atoms with Gasteiger partial charge in [0, 0.05) is 11.9 Å². The lowest BCUT2D eigenvalue weighted by atomic mass is 9.77. The average Bonchev–Trinajstić information content (AvgIpc) is 2.47. The first-order chi connectivity index (χ1) is 9.33. The molecule has 106 valence electrons. The second kappa shape index (κ2) is 7.64. The molecule has 0 saturated heterocycles. The van der Waals surface area contributed by atoms with Crippen LogP contribution < -0.4 is 5.32 Å². The SMILES string of the molecule is CCNCC1CCCCC1Cc1ccc(CC)cn1. The first-order valence-corrected chi connectivity index (χ1v) is 7.98. The summed E-state index contributed by atoms with van der Waals surface area (Å²) in [5.41, 5.74) is 2.63. The molecule has 0 aliphatic heterocycles. The molecule has 0 radical (unpaired) electrons. The van der Waals surface area contributed by atoms with Gasteiger partial charge in [0.15, 0.2) is 0 Å². The van der Waals surface area contributed by atoms with E-state index in [2.05, 4.69) is 42.5 Å². The van der Waals surface area contributed by atoms with E-state index in [-0.39, 0.29) is 0 Å². The van der Waals surface area contributed by atoms with Crippen molar-refractivity contribution in [1.29, 1.82) is 0 Å². The summed E-state index contributed by atoms with van der Waals surface area (Å²) in [6, 6.07) is 4.47. The third-order valence-corrected chi connectivity index (χ3v) is 4.49. The number of nitrogens with zero attached hydrogens (tertiary/aromatic N) is 1. The van der Waals surface area contributed by atoms with Crippen molar-refractivity contribution in [2.45, 2.75) is 52.4 Å². The normalized spacial score (nSPS) is 23.5. The molecule has 1 aliphatic carbocycles. The van der Waals surface area contributed by atoms with Crippen LogP contribution in [0.4, 0.5) is 0 Å². The molecule has 1 aromatic heterocycles. The molecule has 2 heteroatoms. The highest BCUT2D eigenvalue weighted by Crippen LogP contribution is 2.31. The molecule has 0 aromatic carbocycles. The van der Waals surface area contributed by atoms with Crippen molar-refractivity contribution in [2.75, 3.05) is 13.1 Å². The maximum Gasteiger partial charge on any atom is 0.0406 e. The van der Waals surface area contributed by atoms with Crippen molar-refractivity contribution >= 4 is 0 Å². The lowest BCUT2D eigenvalue weighted by Crippen LogP contribution is -2.31. The molecule has 1 aliphatic rings. The molecule has 1 fully saturated rings. The maximum atomic E-state index is 4.64. The van der Waals surface area contributed by atoms with Crippen LogP contribution in [-0.4, -0.2) is 18.1 Å². The van der Waals surface area contributed by atoms with E-state index in [0.717, 1.165) is 24.8 Å². The number of nitrogens with one attached hydrogen (secondary N) is 1. The van der Waals surface area contributed by atoms with Gasteiger partial charge in [-0.2, -0.15) is 0 Å². The van der Waals surface area contributed by atoms with Gasteiger partial charge in [-0.25, -0.2) is 0 Å². The van der Waals surface area contributed by atoms with E-state index in [1.54, 1.807) is 0 Å². The van der Waals surface area contributed by atoms with E-state index in [1.807, 2.05) is 0 Å². The summed E-state index contributed by atoms with van der Waals surface area (Å²) in [6.45, 7) is 6.66. The topological polar surface area (TPSA) is 24.9 Å². The average molecular weight is 260 g/mol. The predicted octanol–water partition coefficient (Wildman–Crippen LogP) is 3.60. The fourth-order valence-corrected chi connectivity index (χ4v) is 3.21. The Morgan fingerprint density at radius 2 is 1.95 bits per heavy atom. The maximum absolute atomic E-state index is 4.64. The summed E-state index contributed by atoms with van der Waals surface area (Å²) in [5, 5.41) is 3.53. The third kappa shape index (κ3) is 4.31. The van der Waals surface area contributed by atoms with Gasteiger partial charge in [0.2, 0.25) is 0 Å². The monoisotopic (exact) mass is 260 g/mol. The van der Waals surface area contributed by atoms with Crippen molar-refractivity contribution in [1.82, 2.24) is 10.3 Å². The molecule has 19 heavy (non-hydrogen) atoms. The van der Waals surface area contributed by atoms with Crippen molar-refractivity contribution in [2.24, 2.45) is 11.8 Å². The van der Waals surface area contributed by atoms with Gasteiger partial charge in [-0.15, -0.1) is 0 Å². The van der Waals surface area contributed by atoms with Gasteiger partial charge in [-0.1, -0.05) is 32.8 Å². The van der Waals surface area contributed by atoms with Gasteiger partial charge >= 0.3 is 0 Å². The minimum Gasteiger partial charge on any atom is -0.317 e. The molecule has 2 atom stereocenters. The van der Waals surface area contributed by atoms with E-state index in [9.17, 15) is 0 Å². The zero-order valence-corrected chi connectivity index (χ0v) is 12.5. The molecule has 1 N–H and O–H groups in total. The molecular weight excluding hydrogens is 232 g/mol. The van der Waals surface area contributed by atoms with Gasteiger partial charge in [-0.3, -0.25) is 4.98 Å². The van der Waals surface area contributed by atoms with Crippen molar-refractivity contribution in [3.63, 3.8) is 0 Å². The molecule has 1 saturated carbocycles. The number of hydrogen-bond acceptors (Lipinski definition) is 2. The fraction of sp³-hybridized carbons (Fsp3) is 0.706. The third-order valence-electron chi connectivity index (χ3n) is 4.49. The Bertz CT molecular complexity index is 358. The number of aryl methyl sites for hydroxylation is 1. The predicted molar refractivity (Wildman–Crippen MR) is 81.3 cm³/mol. The minimum atomic E-state index is 0.827. The first kappa shape index (κ1) is 14.5. The molecule has 0 bridgehead atoms.